The average Bonchev–Trinajstić information content (AvgIpc) is 2.10. The van der Waals surface area contributed by atoms with Crippen LogP contribution in [0.3, 0.4) is 0 Å². The first-order chi connectivity index (χ1) is 5.85. The van der Waals surface area contributed by atoms with Gasteiger partial charge in [0.2, 0.25) is 0 Å². The maximum Gasteiger partial charge on any atom is 0.0251 e. The molecule has 0 aromatic heterocycles. The van der Waals surface area contributed by atoms with Crippen LogP contribution in [0.25, 0.3) is 0 Å². The fourth-order valence-corrected chi connectivity index (χ4v) is 1.54. The van der Waals surface area contributed by atoms with Gasteiger partial charge < -0.3 is 0 Å². The van der Waals surface area contributed by atoms with Crippen molar-refractivity contribution in [3.05, 3.63) is 24.8 Å². The van der Waals surface area contributed by atoms with Crippen LogP contribution in [-0.4, -0.2) is 5.88 Å². The molecule has 0 saturated heterocycles. The highest BCUT2D eigenvalue weighted by molar-refractivity contribution is 6.18. The van der Waals surface area contributed by atoms with Crippen LogP contribution in [0.5, 0.6) is 0 Å². The molecule has 0 amide bonds. The normalized spacial score (nSPS) is 13.5. The lowest BCUT2D eigenvalue weighted by Gasteiger charge is -2.09. The fourth-order valence-electron chi connectivity index (χ4n) is 1.23. The first kappa shape index (κ1) is 11.8. The van der Waals surface area contributed by atoms with Crippen LogP contribution in [0.4, 0.5) is 0 Å². The van der Waals surface area contributed by atoms with Gasteiger partial charge >= 0.3 is 0 Å². The van der Waals surface area contributed by atoms with Crippen molar-refractivity contribution in [2.24, 2.45) is 5.92 Å². The highest BCUT2D eigenvalue weighted by Crippen LogP contribution is 2.15. The molecule has 0 N–H and O–H groups in total. The zero-order chi connectivity index (χ0) is 9.23. The molecule has 0 aromatic rings. The molecule has 0 heterocycles. The van der Waals surface area contributed by atoms with Crippen molar-refractivity contribution in [2.45, 2.75) is 32.6 Å². The van der Waals surface area contributed by atoms with E-state index in [9.17, 15) is 0 Å². The number of rotatable bonds is 7. The smallest absolute Gasteiger partial charge is 0.0251 e. The summed E-state index contributed by atoms with van der Waals surface area (Å²) in [5.74, 6) is 1.50. The van der Waals surface area contributed by atoms with Crippen molar-refractivity contribution in [3.8, 4) is 0 Å². The third kappa shape index (κ3) is 6.48. The molecule has 1 unspecified atom stereocenters. The van der Waals surface area contributed by atoms with E-state index >= 15 is 0 Å². The van der Waals surface area contributed by atoms with E-state index in [1.165, 1.54) is 19.3 Å². The van der Waals surface area contributed by atoms with Gasteiger partial charge in [0.15, 0.2) is 0 Å². The van der Waals surface area contributed by atoms with E-state index in [4.69, 9.17) is 11.6 Å². The average molecular weight is 187 g/mol. The van der Waals surface area contributed by atoms with E-state index in [0.29, 0.717) is 5.92 Å². The zero-order valence-electron chi connectivity index (χ0n) is 7.93. The Bertz CT molecular complexity index is 127. The Morgan fingerprint density at radius 3 is 2.67 bits per heavy atom. The Hall–Kier alpha value is -0.230. The Morgan fingerprint density at radius 2 is 2.17 bits per heavy atom. The molecule has 0 bridgehead atoms. The second kappa shape index (κ2) is 8.86. The minimum absolute atomic E-state index is 0.700. The fraction of sp³-hybridized carbons (Fsp3) is 0.636. The van der Waals surface area contributed by atoms with Crippen molar-refractivity contribution in [1.29, 1.82) is 0 Å². The van der Waals surface area contributed by atoms with Crippen molar-refractivity contribution in [2.75, 3.05) is 5.88 Å². The van der Waals surface area contributed by atoms with E-state index in [0.717, 1.165) is 12.3 Å². The Kier molecular flexibility index (Phi) is 8.69. The van der Waals surface area contributed by atoms with Crippen molar-refractivity contribution < 1.29 is 0 Å². The van der Waals surface area contributed by atoms with Gasteiger partial charge in [-0.05, 0) is 25.2 Å². The monoisotopic (exact) mass is 186 g/mol. The highest BCUT2D eigenvalue weighted by Gasteiger charge is 2.03. The third-order valence-electron chi connectivity index (χ3n) is 1.93. The Balaban J connectivity index is 3.43. The van der Waals surface area contributed by atoms with E-state index in [1.807, 2.05) is 12.2 Å². The van der Waals surface area contributed by atoms with Gasteiger partial charge in [-0.25, -0.2) is 0 Å². The molecule has 0 saturated carbocycles. The molecule has 70 valence electrons. The number of halogens is 1. The summed E-state index contributed by atoms with van der Waals surface area (Å²) in [4.78, 5) is 0. The molecule has 0 aliphatic rings. The van der Waals surface area contributed by atoms with E-state index in [2.05, 4.69) is 19.6 Å². The van der Waals surface area contributed by atoms with Crippen molar-refractivity contribution in [3.63, 3.8) is 0 Å². The lowest BCUT2D eigenvalue weighted by molar-refractivity contribution is 0.496. The summed E-state index contributed by atoms with van der Waals surface area (Å²) in [6, 6.07) is 0. The quantitative estimate of drug-likeness (QED) is 0.414. The van der Waals surface area contributed by atoms with Gasteiger partial charge in [0, 0.05) is 5.88 Å². The summed E-state index contributed by atoms with van der Waals surface area (Å²) < 4.78 is 0. The predicted molar refractivity (Wildman–Crippen MR) is 57.7 cm³/mol. The van der Waals surface area contributed by atoms with Crippen LogP contribution in [0.2, 0.25) is 0 Å². The first-order valence-electron chi connectivity index (χ1n) is 4.68. The van der Waals surface area contributed by atoms with Crippen molar-refractivity contribution in [1.82, 2.24) is 0 Å². The summed E-state index contributed by atoms with van der Waals surface area (Å²) in [5, 5.41) is 0. The first-order valence-corrected chi connectivity index (χ1v) is 5.22. The molecular weight excluding hydrogens is 168 g/mol. The molecule has 1 atom stereocenters. The summed E-state index contributed by atoms with van der Waals surface area (Å²) in [7, 11) is 0. The Morgan fingerprint density at radius 1 is 1.42 bits per heavy atom. The summed E-state index contributed by atoms with van der Waals surface area (Å²) >= 11 is 5.81. The lowest BCUT2D eigenvalue weighted by atomic mass is 10.00. The molecule has 0 spiro atoms. The van der Waals surface area contributed by atoms with E-state index in [-0.39, 0.29) is 0 Å². The van der Waals surface area contributed by atoms with Crippen LogP contribution in [-0.2, 0) is 0 Å². The van der Waals surface area contributed by atoms with E-state index < -0.39 is 0 Å². The summed E-state index contributed by atoms with van der Waals surface area (Å²) in [5.41, 5.74) is 0. The maximum absolute atomic E-state index is 5.81. The van der Waals surface area contributed by atoms with Gasteiger partial charge in [0.05, 0.1) is 0 Å². The molecule has 1 heteroatoms. The molecule has 0 fully saturated rings. The van der Waals surface area contributed by atoms with Crippen LogP contribution < -0.4 is 0 Å². The van der Waals surface area contributed by atoms with Gasteiger partial charge in [-0.3, -0.25) is 0 Å². The number of hydrogen-bond donors (Lipinski definition) is 0. The molecule has 0 aromatic carbocycles. The lowest BCUT2D eigenvalue weighted by Crippen LogP contribution is -2.00. The molecule has 0 aliphatic carbocycles. The maximum atomic E-state index is 5.81. The van der Waals surface area contributed by atoms with E-state index in [1.54, 1.807) is 0 Å². The third-order valence-corrected chi connectivity index (χ3v) is 2.37. The SMILES string of the molecule is C=C/C=C/CCC(CCl)CCC. The number of hydrogen-bond acceptors (Lipinski definition) is 0. The standard InChI is InChI=1S/C11H19Cl/c1-3-5-6-7-9-11(10-12)8-4-2/h3,5-6,11H,1,4,7-10H2,2H3/b6-5+. The molecule has 0 aliphatic heterocycles. The molecule has 0 nitrogen and oxygen atoms in total. The topological polar surface area (TPSA) is 0 Å². The van der Waals surface area contributed by atoms with Crippen LogP contribution in [0, 0.1) is 5.92 Å². The second-order valence-corrected chi connectivity index (χ2v) is 3.36. The molecule has 0 radical (unpaired) electrons. The van der Waals surface area contributed by atoms with Gasteiger partial charge in [-0.2, -0.15) is 0 Å². The van der Waals surface area contributed by atoms with Gasteiger partial charge in [-0.1, -0.05) is 38.2 Å². The number of alkyl halides is 1. The molecule has 12 heavy (non-hydrogen) atoms. The summed E-state index contributed by atoms with van der Waals surface area (Å²) in [6.07, 6.45) is 10.8. The minimum Gasteiger partial charge on any atom is -0.126 e. The van der Waals surface area contributed by atoms with Crippen molar-refractivity contribution >= 4 is 11.6 Å². The van der Waals surface area contributed by atoms with Crippen LogP contribution in [0.15, 0.2) is 24.8 Å². The summed E-state index contributed by atoms with van der Waals surface area (Å²) in [6.45, 7) is 5.83. The zero-order valence-corrected chi connectivity index (χ0v) is 8.69. The highest BCUT2D eigenvalue weighted by atomic mass is 35.5. The Labute approximate surface area is 81.3 Å². The molecule has 0 rings (SSSR count). The predicted octanol–water partition coefficient (Wildman–Crippen LogP) is 4.16. The van der Waals surface area contributed by atoms with Crippen LogP contribution in [0.1, 0.15) is 32.6 Å². The van der Waals surface area contributed by atoms with Crippen LogP contribution >= 0.6 is 11.6 Å². The van der Waals surface area contributed by atoms with Gasteiger partial charge in [0.25, 0.3) is 0 Å². The second-order valence-electron chi connectivity index (χ2n) is 3.05. The van der Waals surface area contributed by atoms with Gasteiger partial charge in [0.1, 0.15) is 0 Å². The number of allylic oxidation sites excluding steroid dienone is 3. The minimum atomic E-state index is 0.700. The van der Waals surface area contributed by atoms with Gasteiger partial charge in [-0.15, -0.1) is 11.6 Å². The largest absolute Gasteiger partial charge is 0.126 e. The molecular formula is C11H19Cl.